The van der Waals surface area contributed by atoms with Crippen molar-refractivity contribution in [1.29, 1.82) is 0 Å². The smallest absolute Gasteiger partial charge is 0.330 e. The molecule has 3 N–H and O–H groups in total. The van der Waals surface area contributed by atoms with Crippen LogP contribution in [-0.4, -0.2) is 103 Å². The molecule has 0 aromatic rings. The van der Waals surface area contributed by atoms with Crippen LogP contribution in [0.4, 0.5) is 0 Å². The molecular weight excluding hydrogens is 576 g/mol. The average molecular weight is 625 g/mol. The van der Waals surface area contributed by atoms with Crippen LogP contribution in [0.1, 0.15) is 78.6 Å². The van der Waals surface area contributed by atoms with Crippen molar-refractivity contribution in [2.75, 3.05) is 20.3 Å². The van der Waals surface area contributed by atoms with E-state index in [0.29, 0.717) is 18.6 Å². The van der Waals surface area contributed by atoms with Crippen LogP contribution in [-0.2, 0) is 42.8 Å². The highest BCUT2D eigenvalue weighted by atomic mass is 16.7. The van der Waals surface area contributed by atoms with Crippen LogP contribution in [0.15, 0.2) is 23.8 Å². The molecule has 12 nitrogen and oxygen atoms in total. The van der Waals surface area contributed by atoms with Crippen molar-refractivity contribution in [1.82, 2.24) is 0 Å². The van der Waals surface area contributed by atoms with Gasteiger partial charge in [-0.15, -0.1) is 0 Å². The highest BCUT2D eigenvalue weighted by molar-refractivity contribution is 5.83. The Balaban J connectivity index is 1.71. The summed E-state index contributed by atoms with van der Waals surface area (Å²) in [5.74, 6) is -1.35. The Kier molecular flexibility index (Phi) is 11.3. The predicted molar refractivity (Wildman–Crippen MR) is 155 cm³/mol. The highest BCUT2D eigenvalue weighted by Crippen LogP contribution is 2.54. The quantitative estimate of drug-likeness (QED) is 0.137. The number of esters is 2. The number of cyclic esters (lactones) is 1. The maximum absolute atomic E-state index is 12.9. The number of hydrogen-bond acceptors (Lipinski definition) is 12. The third kappa shape index (κ3) is 8.27. The zero-order valence-corrected chi connectivity index (χ0v) is 26.1. The normalized spacial score (nSPS) is 41.7. The van der Waals surface area contributed by atoms with Gasteiger partial charge in [-0.05, 0) is 55.6 Å². The number of aliphatic hydroxyl groups is 3. The zero-order chi connectivity index (χ0) is 32.1. The zero-order valence-electron chi connectivity index (χ0n) is 26.1. The third-order valence-corrected chi connectivity index (χ3v) is 9.47. The molecule has 4 aliphatic rings. The topological polar surface area (TPSA) is 167 Å². The molecule has 3 aliphatic heterocycles. The Morgan fingerprint density at radius 2 is 1.86 bits per heavy atom. The number of methoxy groups -OCH3 is 1. The Morgan fingerprint density at radius 1 is 1.14 bits per heavy atom. The van der Waals surface area contributed by atoms with Crippen molar-refractivity contribution >= 4 is 18.4 Å². The van der Waals surface area contributed by atoms with Crippen molar-refractivity contribution < 1.29 is 58.1 Å². The van der Waals surface area contributed by atoms with Gasteiger partial charge in [-0.25, -0.2) is 4.79 Å². The molecule has 2 saturated heterocycles. The first-order chi connectivity index (χ1) is 20.8. The van der Waals surface area contributed by atoms with E-state index >= 15 is 0 Å². The number of carbonyl (C=O) groups excluding carboxylic acids is 3. The Labute approximate surface area is 258 Å². The lowest BCUT2D eigenvalue weighted by atomic mass is 9.55. The van der Waals surface area contributed by atoms with Crippen LogP contribution < -0.4 is 0 Å². The molecule has 248 valence electrons. The number of hydrogen-bond donors (Lipinski definition) is 3. The summed E-state index contributed by atoms with van der Waals surface area (Å²) in [6, 6.07) is 0. The minimum atomic E-state index is -1.76. The first-order valence-corrected chi connectivity index (χ1v) is 15.5. The second-order valence-electron chi connectivity index (χ2n) is 13.6. The van der Waals surface area contributed by atoms with Gasteiger partial charge in [-0.3, -0.25) is 9.59 Å². The second kappa shape index (κ2) is 14.4. The highest BCUT2D eigenvalue weighted by Gasteiger charge is 2.58. The molecule has 1 saturated carbocycles. The molecule has 3 fully saturated rings. The van der Waals surface area contributed by atoms with Crippen molar-refractivity contribution in [2.24, 2.45) is 10.8 Å². The maximum Gasteiger partial charge on any atom is 0.330 e. The third-order valence-electron chi connectivity index (χ3n) is 9.47. The standard InChI is InChI=1S/C32H48O12/c1-30(2)9-8-28-40-17-24(44-28)13-23-7-5-6-22(42-23)11-21(35)12-27(37)43-25(16-33)15-31(3)14-20(10-26(36)39-4)29(41-19-34)32(30,38)18-31/h8-10,19,21-25,28-29,33,35,38H,5-7,11-18H2,1-4H3/b9-8+,20-10+/t21-,22?,23-,24-,25-,28+,29+,31+,32+/m1/s1. The average Bonchev–Trinajstić information content (AvgIpc) is 3.40. The van der Waals surface area contributed by atoms with E-state index in [0.717, 1.165) is 19.3 Å². The lowest BCUT2D eigenvalue weighted by Gasteiger charge is -2.54. The number of fused-ring (bicyclic) bond motifs is 6. The van der Waals surface area contributed by atoms with Gasteiger partial charge >= 0.3 is 11.9 Å². The van der Waals surface area contributed by atoms with Crippen molar-refractivity contribution in [3.8, 4) is 0 Å². The summed E-state index contributed by atoms with van der Waals surface area (Å²) in [7, 11) is 1.22. The number of rotatable bonds is 4. The van der Waals surface area contributed by atoms with Gasteiger partial charge in [0.1, 0.15) is 11.7 Å². The molecular formula is C32H48O12. The minimum Gasteiger partial charge on any atom is -0.466 e. The lowest BCUT2D eigenvalue weighted by Crippen LogP contribution is -2.60. The van der Waals surface area contributed by atoms with E-state index in [1.807, 2.05) is 6.92 Å². The largest absolute Gasteiger partial charge is 0.466 e. The Bertz CT molecular complexity index is 1090. The Hall–Kier alpha value is -2.35. The first kappa shape index (κ1) is 34.5. The van der Waals surface area contributed by atoms with Crippen molar-refractivity contribution in [2.45, 2.75) is 127 Å². The van der Waals surface area contributed by atoms with E-state index in [9.17, 15) is 29.7 Å². The number of aliphatic hydroxyl groups excluding tert-OH is 2. The van der Waals surface area contributed by atoms with Crippen molar-refractivity contribution in [3.05, 3.63) is 23.8 Å². The SMILES string of the molecule is COC(=O)/C=C1\C[C@@]2(C)C[C@H](CO)OC(=O)C[C@H](O)CC3CCC[C@H](C[C@@H]4CO[C@H](/C=C/C(C)(C)[C@](O)(C2)[C@H]1OC=O)O4)O3. The van der Waals surface area contributed by atoms with E-state index < -0.39 is 59.6 Å². The van der Waals surface area contributed by atoms with E-state index in [1.54, 1.807) is 26.0 Å². The van der Waals surface area contributed by atoms with Crippen LogP contribution in [0.25, 0.3) is 0 Å². The summed E-state index contributed by atoms with van der Waals surface area (Å²) >= 11 is 0. The molecule has 12 heteroatoms. The predicted octanol–water partition coefficient (Wildman–Crippen LogP) is 2.26. The van der Waals surface area contributed by atoms with Gasteiger partial charge < -0.3 is 43.7 Å². The molecule has 44 heavy (non-hydrogen) atoms. The molecule has 0 aromatic heterocycles. The molecule has 1 unspecified atom stereocenters. The van der Waals surface area contributed by atoms with Crippen LogP contribution in [0.3, 0.4) is 0 Å². The summed E-state index contributed by atoms with van der Waals surface area (Å²) in [6.45, 7) is 5.53. The summed E-state index contributed by atoms with van der Waals surface area (Å²) in [5, 5.41) is 33.4. The fourth-order valence-electron chi connectivity index (χ4n) is 7.29. The van der Waals surface area contributed by atoms with Gasteiger partial charge in [-0.2, -0.15) is 0 Å². The van der Waals surface area contributed by atoms with Crippen LogP contribution in [0, 0.1) is 10.8 Å². The fraction of sp³-hybridized carbons (Fsp3) is 0.781. The number of ether oxygens (including phenoxy) is 6. The molecule has 0 amide bonds. The van der Waals surface area contributed by atoms with Gasteiger partial charge in [-0.1, -0.05) is 26.8 Å². The van der Waals surface area contributed by atoms with Gasteiger partial charge in [0.15, 0.2) is 12.4 Å². The van der Waals surface area contributed by atoms with Crippen LogP contribution >= 0.6 is 0 Å². The maximum atomic E-state index is 12.9. The van der Waals surface area contributed by atoms with Gasteiger partial charge in [0.2, 0.25) is 0 Å². The summed E-state index contributed by atoms with van der Waals surface area (Å²) < 4.78 is 34.2. The molecule has 0 aromatic carbocycles. The lowest BCUT2D eigenvalue weighted by molar-refractivity contribution is -0.184. The summed E-state index contributed by atoms with van der Waals surface area (Å²) in [4.78, 5) is 37.0. The molecule has 1 aliphatic carbocycles. The van der Waals surface area contributed by atoms with Crippen molar-refractivity contribution in [3.63, 3.8) is 0 Å². The van der Waals surface area contributed by atoms with Crippen LogP contribution in [0.5, 0.6) is 0 Å². The molecule has 0 spiro atoms. The minimum absolute atomic E-state index is 0.0563. The van der Waals surface area contributed by atoms with E-state index in [2.05, 4.69) is 0 Å². The summed E-state index contributed by atoms with van der Waals surface area (Å²) in [5.41, 5.74) is -3.35. The van der Waals surface area contributed by atoms with Gasteiger partial charge in [0, 0.05) is 24.3 Å². The van der Waals surface area contributed by atoms with E-state index in [1.165, 1.54) is 13.2 Å². The fourth-order valence-corrected chi connectivity index (χ4v) is 7.29. The van der Waals surface area contributed by atoms with E-state index in [4.69, 9.17) is 28.4 Å². The first-order valence-electron chi connectivity index (χ1n) is 15.5. The molecule has 0 radical (unpaired) electrons. The van der Waals surface area contributed by atoms with E-state index in [-0.39, 0.29) is 56.9 Å². The van der Waals surface area contributed by atoms with Gasteiger partial charge in [0.25, 0.3) is 6.47 Å². The monoisotopic (exact) mass is 624 g/mol. The second-order valence-corrected chi connectivity index (χ2v) is 13.6. The molecule has 6 bridgehead atoms. The summed E-state index contributed by atoms with van der Waals surface area (Å²) in [6.07, 6.45) is 3.94. The Morgan fingerprint density at radius 3 is 2.55 bits per heavy atom. The van der Waals surface area contributed by atoms with Crippen LogP contribution in [0.2, 0.25) is 0 Å². The molecule has 3 heterocycles. The number of carbonyl (C=O) groups is 3. The molecule has 9 atom stereocenters. The van der Waals surface area contributed by atoms with Gasteiger partial charge in [0.05, 0.1) is 51.2 Å². The molecule has 4 rings (SSSR count).